The Morgan fingerprint density at radius 3 is 2.20 bits per heavy atom. The Morgan fingerprint density at radius 1 is 1.20 bits per heavy atom. The molecule has 0 saturated carbocycles. The van der Waals surface area contributed by atoms with Crippen LogP contribution in [0.25, 0.3) is 0 Å². The highest BCUT2D eigenvalue weighted by molar-refractivity contribution is 4.28. The molecule has 0 bridgehead atoms. The summed E-state index contributed by atoms with van der Waals surface area (Å²) in [5.41, 5.74) is 3.00. The Morgan fingerprint density at radius 2 is 1.80 bits per heavy atom. The first-order chi connectivity index (χ1) is 4.62. The van der Waals surface area contributed by atoms with E-state index in [0.29, 0.717) is 0 Å². The maximum absolute atomic E-state index is 5.62. The van der Waals surface area contributed by atoms with Gasteiger partial charge in [-0.15, -0.1) is 21.9 Å². The van der Waals surface area contributed by atoms with E-state index in [1.807, 2.05) is 0 Å². The average molecular weight is 147 g/mol. The minimum absolute atomic E-state index is 0.0513. The lowest BCUT2D eigenvalue weighted by molar-refractivity contribution is -0.992. The van der Waals surface area contributed by atoms with Crippen molar-refractivity contribution >= 4 is 0 Å². The third kappa shape index (κ3) is 4.69. The van der Waals surface area contributed by atoms with E-state index < -0.39 is 0 Å². The zero-order valence-electron chi connectivity index (χ0n) is 6.93. The van der Waals surface area contributed by atoms with Gasteiger partial charge in [0.2, 0.25) is 0 Å². The summed E-state index contributed by atoms with van der Waals surface area (Å²) in [7, 11) is 0. The Hall–Kier alpha value is -0.160. The highest BCUT2D eigenvalue weighted by Crippen LogP contribution is 1.84. The van der Waals surface area contributed by atoms with Gasteiger partial charge >= 0.3 is 0 Å². The Labute approximate surface area is 62.7 Å². The third-order valence-corrected chi connectivity index (χ3v) is 1.25. The van der Waals surface area contributed by atoms with Crippen LogP contribution in [0.3, 0.4) is 0 Å². The minimum Gasteiger partial charge on any atom is -0.141 e. The molecule has 4 heteroatoms. The second kappa shape index (κ2) is 4.62. The van der Waals surface area contributed by atoms with Crippen molar-refractivity contribution in [3.05, 3.63) is 0 Å². The van der Waals surface area contributed by atoms with Crippen LogP contribution in [0.2, 0.25) is 0 Å². The van der Waals surface area contributed by atoms with Gasteiger partial charge in [-0.05, 0) is 12.8 Å². The summed E-state index contributed by atoms with van der Waals surface area (Å²) >= 11 is 0. The summed E-state index contributed by atoms with van der Waals surface area (Å²) in [4.78, 5) is -0.0513. The maximum Gasteiger partial charge on any atom is 0.134 e. The van der Waals surface area contributed by atoms with E-state index in [-0.39, 0.29) is 4.81 Å². The van der Waals surface area contributed by atoms with Crippen molar-refractivity contribution in [2.45, 2.75) is 26.7 Å². The number of hydrogen-bond donors (Lipinski definition) is 3. The number of quaternary nitrogens is 1. The van der Waals surface area contributed by atoms with Crippen LogP contribution < -0.4 is 17.1 Å². The van der Waals surface area contributed by atoms with E-state index in [2.05, 4.69) is 19.3 Å². The summed E-state index contributed by atoms with van der Waals surface area (Å²) in [6.07, 6.45) is 2.04. The molecule has 0 aromatic rings. The van der Waals surface area contributed by atoms with Crippen LogP contribution in [0.1, 0.15) is 26.7 Å². The molecule has 0 fully saturated rings. The number of nitrogens with zero attached hydrogens (tertiary/aromatic N) is 1. The lowest BCUT2D eigenvalue weighted by Gasteiger charge is -2.25. The molecule has 0 aromatic carbocycles. The first kappa shape index (κ1) is 9.84. The fourth-order valence-corrected chi connectivity index (χ4v) is 0.769. The molecule has 0 aliphatic carbocycles. The largest absolute Gasteiger partial charge is 0.141 e. The highest BCUT2D eigenvalue weighted by Gasteiger charge is 2.13. The van der Waals surface area contributed by atoms with Gasteiger partial charge in [0.25, 0.3) is 0 Å². The molecule has 0 aromatic heterocycles. The number of nitrogens with one attached hydrogen (secondary N) is 1. The fraction of sp³-hybridized carbons (Fsp3) is 1.00. The van der Waals surface area contributed by atoms with Gasteiger partial charge in [-0.1, -0.05) is 13.8 Å². The molecule has 0 radical (unpaired) electrons. The molecule has 0 spiro atoms. The summed E-state index contributed by atoms with van der Waals surface area (Å²) in [5, 5.41) is 0. The second-order valence-corrected chi connectivity index (χ2v) is 2.56. The number of hydrogen-bond acceptors (Lipinski definition) is 3. The van der Waals surface area contributed by atoms with Crippen LogP contribution in [0.4, 0.5) is 0 Å². The number of rotatable bonds is 5. The van der Waals surface area contributed by atoms with Crippen molar-refractivity contribution in [2.75, 3.05) is 13.1 Å². The molecular weight excluding hydrogens is 128 g/mol. The fourth-order valence-electron chi connectivity index (χ4n) is 0.769. The molecular formula is C6H19N4+. The standard InChI is InChI=1S/C6H19N4/c1-3-5-9-10(7,8)6-4-2/h9H,3-8H2,1-2H3/q+1. The zero-order chi connectivity index (χ0) is 8.04. The minimum atomic E-state index is -0.0513. The molecule has 0 heterocycles. The molecule has 10 heavy (non-hydrogen) atoms. The van der Waals surface area contributed by atoms with Crippen molar-refractivity contribution in [2.24, 2.45) is 11.7 Å². The lowest BCUT2D eigenvalue weighted by atomic mass is 10.5. The predicted octanol–water partition coefficient (Wildman–Crippen LogP) is -0.125. The quantitative estimate of drug-likeness (QED) is 0.288. The maximum atomic E-state index is 5.62. The smallest absolute Gasteiger partial charge is 0.134 e. The second-order valence-electron chi connectivity index (χ2n) is 2.56. The normalized spacial score (nSPS) is 12.0. The Kier molecular flexibility index (Phi) is 4.55. The molecule has 0 aliphatic rings. The van der Waals surface area contributed by atoms with Gasteiger partial charge in [0.15, 0.2) is 0 Å². The number of nitrogens with two attached hydrogens (primary N) is 2. The van der Waals surface area contributed by atoms with Crippen molar-refractivity contribution in [1.29, 1.82) is 0 Å². The van der Waals surface area contributed by atoms with Crippen LogP contribution >= 0.6 is 0 Å². The third-order valence-electron chi connectivity index (χ3n) is 1.25. The van der Waals surface area contributed by atoms with E-state index in [9.17, 15) is 0 Å². The first-order valence-corrected chi connectivity index (χ1v) is 3.82. The molecule has 0 rings (SSSR count). The predicted molar refractivity (Wildman–Crippen MR) is 42.1 cm³/mol. The van der Waals surface area contributed by atoms with E-state index >= 15 is 0 Å². The first-order valence-electron chi connectivity index (χ1n) is 3.82. The highest BCUT2D eigenvalue weighted by atomic mass is 15.9. The molecule has 0 unspecified atom stereocenters. The van der Waals surface area contributed by atoms with Gasteiger partial charge in [0, 0.05) is 6.54 Å². The van der Waals surface area contributed by atoms with Gasteiger partial charge in [-0.3, -0.25) is 0 Å². The topological polar surface area (TPSA) is 64.1 Å². The average Bonchev–Trinajstić information content (AvgIpc) is 1.84. The van der Waals surface area contributed by atoms with E-state index in [1.54, 1.807) is 0 Å². The van der Waals surface area contributed by atoms with Gasteiger partial charge < -0.3 is 0 Å². The molecule has 4 nitrogen and oxygen atoms in total. The summed E-state index contributed by atoms with van der Waals surface area (Å²) < 4.78 is 0. The van der Waals surface area contributed by atoms with E-state index in [0.717, 1.165) is 25.9 Å². The van der Waals surface area contributed by atoms with Crippen LogP contribution in [0, 0.1) is 0 Å². The Balaban J connectivity index is 3.42. The zero-order valence-corrected chi connectivity index (χ0v) is 6.93. The van der Waals surface area contributed by atoms with Gasteiger partial charge in [0.05, 0.1) is 0 Å². The molecule has 0 saturated heterocycles. The SMILES string of the molecule is CCCN[N+](N)(N)CCC. The van der Waals surface area contributed by atoms with Gasteiger partial charge in [-0.25, -0.2) is 0 Å². The monoisotopic (exact) mass is 147 g/mol. The molecule has 0 amide bonds. The summed E-state index contributed by atoms with van der Waals surface area (Å²) in [5.74, 6) is 11.2. The summed E-state index contributed by atoms with van der Waals surface area (Å²) in [6.45, 7) is 5.77. The van der Waals surface area contributed by atoms with Crippen LogP contribution in [0.15, 0.2) is 0 Å². The lowest BCUT2D eigenvalue weighted by Crippen LogP contribution is -2.69. The van der Waals surface area contributed by atoms with Crippen LogP contribution in [-0.4, -0.2) is 17.9 Å². The van der Waals surface area contributed by atoms with Crippen molar-refractivity contribution in [1.82, 2.24) is 5.43 Å². The van der Waals surface area contributed by atoms with Gasteiger partial charge in [-0.2, -0.15) is 0 Å². The Bertz CT molecular complexity index is 81.8. The summed E-state index contributed by atoms with van der Waals surface area (Å²) in [6, 6.07) is 0. The molecule has 0 aliphatic heterocycles. The van der Waals surface area contributed by atoms with Crippen LogP contribution in [0.5, 0.6) is 0 Å². The molecule has 0 atom stereocenters. The van der Waals surface area contributed by atoms with Crippen molar-refractivity contribution in [3.63, 3.8) is 0 Å². The van der Waals surface area contributed by atoms with Crippen molar-refractivity contribution < 1.29 is 4.81 Å². The van der Waals surface area contributed by atoms with Crippen LogP contribution in [-0.2, 0) is 0 Å². The van der Waals surface area contributed by atoms with Crippen molar-refractivity contribution in [3.8, 4) is 0 Å². The van der Waals surface area contributed by atoms with E-state index in [4.69, 9.17) is 11.7 Å². The van der Waals surface area contributed by atoms with E-state index in [1.165, 1.54) is 0 Å². The molecule has 5 N–H and O–H groups in total. The molecule has 62 valence electrons. The van der Waals surface area contributed by atoms with Gasteiger partial charge in [0.1, 0.15) is 6.54 Å².